The monoisotopic (exact) mass is 311 g/mol. The Labute approximate surface area is 115 Å². The average molecular weight is 312 g/mol. The van der Waals surface area contributed by atoms with Crippen molar-refractivity contribution in [2.45, 2.75) is 24.8 Å². The van der Waals surface area contributed by atoms with Gasteiger partial charge in [-0.2, -0.15) is 4.72 Å². The van der Waals surface area contributed by atoms with E-state index in [0.717, 1.165) is 0 Å². The molecule has 0 fully saturated rings. The van der Waals surface area contributed by atoms with E-state index in [4.69, 9.17) is 28.3 Å². The molecule has 0 aliphatic carbocycles. The van der Waals surface area contributed by atoms with Crippen molar-refractivity contribution in [1.29, 1.82) is 0 Å². The van der Waals surface area contributed by atoms with Crippen LogP contribution >= 0.6 is 23.2 Å². The van der Waals surface area contributed by atoms with E-state index in [0.29, 0.717) is 5.56 Å². The second-order valence-corrected chi connectivity index (χ2v) is 6.22. The predicted molar refractivity (Wildman–Crippen MR) is 68.6 cm³/mol. The van der Waals surface area contributed by atoms with E-state index in [1.807, 2.05) is 4.72 Å². The molecule has 5 nitrogen and oxygen atoms in total. The van der Waals surface area contributed by atoms with Gasteiger partial charge in [-0.25, -0.2) is 8.42 Å². The Hall–Kier alpha value is -0.820. The molecule has 100 valence electrons. The minimum atomic E-state index is -3.97. The van der Waals surface area contributed by atoms with Gasteiger partial charge >= 0.3 is 5.97 Å². The number of hydrogen-bond donors (Lipinski definition) is 2. The molecule has 1 atom stereocenters. The van der Waals surface area contributed by atoms with E-state index in [9.17, 15) is 13.2 Å². The third-order valence-corrected chi connectivity index (χ3v) is 4.57. The highest BCUT2D eigenvalue weighted by Gasteiger charge is 2.22. The van der Waals surface area contributed by atoms with Crippen LogP contribution in [0.1, 0.15) is 12.5 Å². The maximum absolute atomic E-state index is 11.9. The van der Waals surface area contributed by atoms with Gasteiger partial charge in [0.2, 0.25) is 10.0 Å². The first-order valence-corrected chi connectivity index (χ1v) is 7.10. The van der Waals surface area contributed by atoms with Gasteiger partial charge in [-0.3, -0.25) is 4.79 Å². The molecule has 0 unspecified atom stereocenters. The van der Waals surface area contributed by atoms with E-state index in [1.165, 1.54) is 19.1 Å². The third kappa shape index (κ3) is 3.35. The molecule has 1 aromatic carbocycles. The number of rotatable bonds is 4. The number of carboxylic acids is 1. The van der Waals surface area contributed by atoms with Gasteiger partial charge in [-0.1, -0.05) is 23.2 Å². The molecule has 0 saturated heterocycles. The summed E-state index contributed by atoms with van der Waals surface area (Å²) in [6, 6.07) is 1.20. The summed E-state index contributed by atoms with van der Waals surface area (Å²) in [5.74, 6) is -1.28. The van der Waals surface area contributed by atoms with Gasteiger partial charge in [0.1, 0.15) is 6.04 Å². The summed E-state index contributed by atoms with van der Waals surface area (Å²) in [5, 5.41) is 9.07. The zero-order chi connectivity index (χ0) is 14.1. The molecule has 0 spiro atoms. The fourth-order valence-electron chi connectivity index (χ4n) is 1.13. The van der Waals surface area contributed by atoms with Gasteiger partial charge in [-0.05, 0) is 31.5 Å². The van der Waals surface area contributed by atoms with Gasteiger partial charge in [0, 0.05) is 10.0 Å². The van der Waals surface area contributed by atoms with E-state index in [1.54, 1.807) is 6.92 Å². The minimum absolute atomic E-state index is 0.170. The van der Waals surface area contributed by atoms with Crippen molar-refractivity contribution in [3.8, 4) is 0 Å². The molecular weight excluding hydrogens is 301 g/mol. The van der Waals surface area contributed by atoms with Gasteiger partial charge in [0.25, 0.3) is 0 Å². The summed E-state index contributed by atoms with van der Waals surface area (Å²) >= 11 is 11.7. The number of nitrogens with one attached hydrogen (secondary N) is 1. The Balaban J connectivity index is 3.18. The second-order valence-electron chi connectivity index (χ2n) is 3.69. The number of benzene rings is 1. The molecule has 18 heavy (non-hydrogen) atoms. The van der Waals surface area contributed by atoms with Crippen LogP contribution in [0.15, 0.2) is 17.0 Å². The first-order chi connectivity index (χ1) is 8.15. The highest BCUT2D eigenvalue weighted by molar-refractivity contribution is 7.89. The van der Waals surface area contributed by atoms with E-state index >= 15 is 0 Å². The standard InChI is InChI=1S/C10H11Cl2NO4S/c1-5-8(11)3-7(4-9(5)12)18(16,17)13-6(2)10(14)15/h3-4,6,13H,1-2H3,(H,14,15)/t6-/m0/s1. The molecule has 0 aliphatic rings. The number of carboxylic acid groups (broad SMARTS) is 1. The molecule has 2 N–H and O–H groups in total. The van der Waals surface area contributed by atoms with Gasteiger partial charge in [0.05, 0.1) is 4.90 Å². The van der Waals surface area contributed by atoms with Crippen LogP contribution in [-0.2, 0) is 14.8 Å². The average Bonchev–Trinajstić information content (AvgIpc) is 2.24. The third-order valence-electron chi connectivity index (χ3n) is 2.27. The Morgan fingerprint density at radius 1 is 1.33 bits per heavy atom. The number of halogens is 2. The van der Waals surface area contributed by atoms with Gasteiger partial charge in [-0.15, -0.1) is 0 Å². The van der Waals surface area contributed by atoms with Crippen LogP contribution in [0.3, 0.4) is 0 Å². The lowest BCUT2D eigenvalue weighted by molar-refractivity contribution is -0.138. The van der Waals surface area contributed by atoms with Crippen LogP contribution in [0.5, 0.6) is 0 Å². The van der Waals surface area contributed by atoms with Crippen molar-refractivity contribution < 1.29 is 18.3 Å². The lowest BCUT2D eigenvalue weighted by Crippen LogP contribution is -2.38. The van der Waals surface area contributed by atoms with Crippen LogP contribution in [0.4, 0.5) is 0 Å². The SMILES string of the molecule is Cc1c(Cl)cc(S(=O)(=O)N[C@@H](C)C(=O)O)cc1Cl. The number of sulfonamides is 1. The fourth-order valence-corrected chi connectivity index (χ4v) is 2.99. The van der Waals surface area contributed by atoms with Crippen molar-refractivity contribution >= 4 is 39.2 Å². The van der Waals surface area contributed by atoms with Crippen molar-refractivity contribution in [3.05, 3.63) is 27.7 Å². The van der Waals surface area contributed by atoms with Gasteiger partial charge in [0.15, 0.2) is 0 Å². The maximum atomic E-state index is 11.9. The lowest BCUT2D eigenvalue weighted by Gasteiger charge is -2.11. The van der Waals surface area contributed by atoms with E-state index in [-0.39, 0.29) is 14.9 Å². The Morgan fingerprint density at radius 3 is 2.17 bits per heavy atom. The van der Waals surface area contributed by atoms with E-state index < -0.39 is 22.0 Å². The molecule has 0 amide bonds. The summed E-state index contributed by atoms with van der Waals surface area (Å²) in [7, 11) is -3.97. The quantitative estimate of drug-likeness (QED) is 0.891. The van der Waals surface area contributed by atoms with Crippen molar-refractivity contribution in [3.63, 3.8) is 0 Å². The number of hydrogen-bond acceptors (Lipinski definition) is 3. The smallest absolute Gasteiger partial charge is 0.321 e. The first-order valence-electron chi connectivity index (χ1n) is 4.86. The molecule has 8 heteroatoms. The lowest BCUT2D eigenvalue weighted by atomic mass is 10.2. The topological polar surface area (TPSA) is 83.5 Å². The number of carbonyl (C=O) groups is 1. The molecule has 0 saturated carbocycles. The highest BCUT2D eigenvalue weighted by Crippen LogP contribution is 2.27. The molecule has 0 aliphatic heterocycles. The summed E-state index contributed by atoms with van der Waals surface area (Å²) in [6.07, 6.45) is 0. The zero-order valence-corrected chi connectivity index (χ0v) is 11.9. The molecule has 0 aromatic heterocycles. The minimum Gasteiger partial charge on any atom is -0.480 e. The van der Waals surface area contributed by atoms with E-state index in [2.05, 4.69) is 0 Å². The Morgan fingerprint density at radius 2 is 1.78 bits per heavy atom. The van der Waals surface area contributed by atoms with Crippen LogP contribution in [0.2, 0.25) is 10.0 Å². The largest absolute Gasteiger partial charge is 0.480 e. The molecule has 1 rings (SSSR count). The Bertz CT molecular complexity index is 563. The van der Waals surface area contributed by atoms with Crippen LogP contribution < -0.4 is 4.72 Å². The van der Waals surface area contributed by atoms with Crippen molar-refractivity contribution in [2.75, 3.05) is 0 Å². The maximum Gasteiger partial charge on any atom is 0.321 e. The summed E-state index contributed by atoms with van der Waals surface area (Å²) in [4.78, 5) is 10.4. The summed E-state index contributed by atoms with van der Waals surface area (Å²) in [5.41, 5.74) is 0.559. The van der Waals surface area contributed by atoms with Crippen LogP contribution in [0.25, 0.3) is 0 Å². The van der Waals surface area contributed by atoms with Crippen LogP contribution in [-0.4, -0.2) is 25.5 Å². The molecule has 1 aromatic rings. The summed E-state index contributed by atoms with van der Waals surface area (Å²) < 4.78 is 25.7. The fraction of sp³-hybridized carbons (Fsp3) is 0.300. The second kappa shape index (κ2) is 5.44. The molecule has 0 heterocycles. The number of aliphatic carboxylic acids is 1. The Kier molecular flexibility index (Phi) is 4.61. The molecule has 0 bridgehead atoms. The normalized spacial score (nSPS) is 13.3. The predicted octanol–water partition coefficient (Wildman–Crippen LogP) is 2.05. The first kappa shape index (κ1) is 15.2. The molecular formula is C10H11Cl2NO4S. The molecule has 0 radical (unpaired) electrons. The van der Waals surface area contributed by atoms with Crippen molar-refractivity contribution in [1.82, 2.24) is 4.72 Å². The highest BCUT2D eigenvalue weighted by atomic mass is 35.5. The summed E-state index contributed by atoms with van der Waals surface area (Å²) in [6.45, 7) is 2.87. The van der Waals surface area contributed by atoms with Crippen molar-refractivity contribution in [2.24, 2.45) is 0 Å². The van der Waals surface area contributed by atoms with Gasteiger partial charge < -0.3 is 5.11 Å². The van der Waals surface area contributed by atoms with Crippen LogP contribution in [0, 0.1) is 6.92 Å². The zero-order valence-electron chi connectivity index (χ0n) is 9.57.